The van der Waals surface area contributed by atoms with Gasteiger partial charge in [0.05, 0.1) is 11.7 Å². The summed E-state index contributed by atoms with van der Waals surface area (Å²) in [6, 6.07) is 0. The molecule has 0 aromatic heterocycles. The third-order valence-corrected chi connectivity index (χ3v) is 5.46. The SMILES string of the molecule is CC1=CC2[C@H](C(C)C)C[C@H]3O[C@]2(CC1)C3C. The van der Waals surface area contributed by atoms with Crippen LogP contribution in [-0.4, -0.2) is 11.7 Å². The Hall–Kier alpha value is -0.300. The summed E-state index contributed by atoms with van der Waals surface area (Å²) >= 11 is 0. The predicted octanol–water partition coefficient (Wildman–Crippen LogP) is 3.79. The van der Waals surface area contributed by atoms with Crippen LogP contribution in [0.2, 0.25) is 0 Å². The van der Waals surface area contributed by atoms with Crippen molar-refractivity contribution >= 4 is 0 Å². The molecule has 0 N–H and O–H groups in total. The zero-order valence-electron chi connectivity index (χ0n) is 11.0. The summed E-state index contributed by atoms with van der Waals surface area (Å²) in [7, 11) is 0. The molecule has 1 spiro atoms. The maximum Gasteiger partial charge on any atom is 0.0804 e. The largest absolute Gasteiger partial charge is 0.370 e. The third-order valence-electron chi connectivity index (χ3n) is 5.46. The molecule has 0 aromatic carbocycles. The van der Waals surface area contributed by atoms with Gasteiger partial charge in [0.25, 0.3) is 0 Å². The number of hydrogen-bond donors (Lipinski definition) is 0. The van der Waals surface area contributed by atoms with Crippen molar-refractivity contribution in [3.63, 3.8) is 0 Å². The fourth-order valence-corrected chi connectivity index (χ4v) is 4.33. The number of fused-ring (bicyclic) bond motifs is 1. The fraction of sp³-hybridized carbons (Fsp3) is 0.867. The van der Waals surface area contributed by atoms with Crippen LogP contribution in [0.4, 0.5) is 0 Å². The van der Waals surface area contributed by atoms with E-state index >= 15 is 0 Å². The number of allylic oxidation sites excluding steroid dienone is 1. The second-order valence-corrected chi connectivity index (χ2v) is 6.58. The van der Waals surface area contributed by atoms with E-state index in [4.69, 9.17) is 4.74 Å². The van der Waals surface area contributed by atoms with Crippen LogP contribution in [0.1, 0.15) is 47.0 Å². The first-order valence-corrected chi connectivity index (χ1v) is 6.89. The Morgan fingerprint density at radius 1 is 1.44 bits per heavy atom. The third kappa shape index (κ3) is 1.21. The van der Waals surface area contributed by atoms with Crippen molar-refractivity contribution in [2.75, 3.05) is 0 Å². The van der Waals surface area contributed by atoms with Gasteiger partial charge in [-0.2, -0.15) is 0 Å². The molecule has 1 heteroatoms. The summed E-state index contributed by atoms with van der Waals surface area (Å²) in [5.74, 6) is 3.13. The van der Waals surface area contributed by atoms with Crippen LogP contribution in [0, 0.1) is 23.7 Å². The first-order chi connectivity index (χ1) is 7.54. The molecule has 1 saturated carbocycles. The summed E-state index contributed by atoms with van der Waals surface area (Å²) in [5.41, 5.74) is 1.82. The van der Waals surface area contributed by atoms with Crippen molar-refractivity contribution in [2.24, 2.45) is 23.7 Å². The Labute approximate surface area is 99.3 Å². The van der Waals surface area contributed by atoms with Gasteiger partial charge >= 0.3 is 0 Å². The van der Waals surface area contributed by atoms with Gasteiger partial charge in [-0.1, -0.05) is 32.4 Å². The summed E-state index contributed by atoms with van der Waals surface area (Å²) in [6.07, 6.45) is 6.91. The molecular formula is C15H24O. The fourth-order valence-electron chi connectivity index (χ4n) is 4.33. The highest BCUT2D eigenvalue weighted by Gasteiger charge is 2.63. The quantitative estimate of drug-likeness (QED) is 0.611. The van der Waals surface area contributed by atoms with E-state index in [0.717, 1.165) is 17.8 Å². The van der Waals surface area contributed by atoms with Crippen LogP contribution in [0.25, 0.3) is 0 Å². The van der Waals surface area contributed by atoms with Crippen molar-refractivity contribution in [3.8, 4) is 0 Å². The molecule has 2 unspecified atom stereocenters. The van der Waals surface area contributed by atoms with Crippen LogP contribution in [-0.2, 0) is 4.74 Å². The topological polar surface area (TPSA) is 9.23 Å². The van der Waals surface area contributed by atoms with Crippen LogP contribution in [0.3, 0.4) is 0 Å². The molecule has 2 aliphatic carbocycles. The molecule has 0 radical (unpaired) electrons. The van der Waals surface area contributed by atoms with Gasteiger partial charge in [-0.3, -0.25) is 0 Å². The summed E-state index contributed by atoms with van der Waals surface area (Å²) in [5, 5.41) is 0. The van der Waals surface area contributed by atoms with Crippen LogP contribution in [0.15, 0.2) is 11.6 Å². The zero-order valence-corrected chi connectivity index (χ0v) is 11.0. The average Bonchev–Trinajstić information content (AvgIpc) is 2.26. The Morgan fingerprint density at radius 2 is 2.19 bits per heavy atom. The molecule has 1 nitrogen and oxygen atoms in total. The maximum atomic E-state index is 6.26. The molecule has 5 atom stereocenters. The molecule has 4 aliphatic rings. The lowest BCUT2D eigenvalue weighted by molar-refractivity contribution is -0.322. The van der Waals surface area contributed by atoms with Gasteiger partial charge < -0.3 is 4.74 Å². The Kier molecular flexibility index (Phi) is 2.27. The number of rotatable bonds is 1. The van der Waals surface area contributed by atoms with Gasteiger partial charge in [-0.05, 0) is 38.0 Å². The lowest BCUT2D eigenvalue weighted by atomic mass is 9.53. The average molecular weight is 220 g/mol. The minimum absolute atomic E-state index is 0.233. The highest BCUT2D eigenvalue weighted by molar-refractivity contribution is 5.22. The van der Waals surface area contributed by atoms with E-state index < -0.39 is 0 Å². The van der Waals surface area contributed by atoms with E-state index in [0.29, 0.717) is 12.0 Å². The summed E-state index contributed by atoms with van der Waals surface area (Å²) in [4.78, 5) is 0. The minimum Gasteiger partial charge on any atom is -0.370 e. The van der Waals surface area contributed by atoms with Gasteiger partial charge in [0.1, 0.15) is 0 Å². The molecule has 0 aromatic rings. The van der Waals surface area contributed by atoms with Gasteiger partial charge in [-0.15, -0.1) is 0 Å². The molecule has 16 heavy (non-hydrogen) atoms. The van der Waals surface area contributed by atoms with Crippen molar-refractivity contribution in [2.45, 2.75) is 58.7 Å². The van der Waals surface area contributed by atoms with Crippen LogP contribution in [0.5, 0.6) is 0 Å². The summed E-state index contributed by atoms with van der Waals surface area (Å²) < 4.78 is 6.26. The second-order valence-electron chi connectivity index (χ2n) is 6.58. The molecule has 90 valence electrons. The lowest BCUT2D eigenvalue weighted by Crippen LogP contribution is -2.69. The van der Waals surface area contributed by atoms with Crippen molar-refractivity contribution in [1.29, 1.82) is 0 Å². The van der Waals surface area contributed by atoms with Crippen molar-refractivity contribution in [3.05, 3.63) is 11.6 Å². The first-order valence-electron chi connectivity index (χ1n) is 6.89. The molecule has 2 heterocycles. The normalized spacial score (nSPS) is 50.7. The van der Waals surface area contributed by atoms with E-state index in [1.54, 1.807) is 5.57 Å². The van der Waals surface area contributed by atoms with Crippen LogP contribution >= 0.6 is 0 Å². The summed E-state index contributed by atoms with van der Waals surface area (Å²) in [6.45, 7) is 9.46. The smallest absolute Gasteiger partial charge is 0.0804 e. The Bertz CT molecular complexity index is 330. The minimum atomic E-state index is 0.233. The molecule has 2 bridgehead atoms. The predicted molar refractivity (Wildman–Crippen MR) is 66.2 cm³/mol. The van der Waals surface area contributed by atoms with Gasteiger partial charge in [0.15, 0.2) is 0 Å². The zero-order chi connectivity index (χ0) is 11.5. The number of hydrogen-bond acceptors (Lipinski definition) is 1. The molecule has 4 rings (SSSR count). The first kappa shape index (κ1) is 10.8. The standard InChI is InChI=1S/C15H24O/c1-9(2)12-8-14-11(4)15(16-14)6-5-10(3)7-13(12)15/h7,9,11-14H,5-6,8H2,1-4H3/t11?,12-,13?,14+,15+/m0/s1. The van der Waals surface area contributed by atoms with E-state index in [-0.39, 0.29) is 5.60 Å². The monoisotopic (exact) mass is 220 g/mol. The Balaban J connectivity index is 1.96. The van der Waals surface area contributed by atoms with Gasteiger partial charge in [-0.25, -0.2) is 0 Å². The van der Waals surface area contributed by atoms with E-state index in [2.05, 4.69) is 33.8 Å². The van der Waals surface area contributed by atoms with Gasteiger partial charge in [0.2, 0.25) is 0 Å². The highest BCUT2D eigenvalue weighted by Crippen LogP contribution is 2.60. The molecule has 2 aliphatic heterocycles. The van der Waals surface area contributed by atoms with E-state index in [1.165, 1.54) is 19.3 Å². The molecular weight excluding hydrogens is 196 g/mol. The molecule has 3 fully saturated rings. The van der Waals surface area contributed by atoms with Crippen molar-refractivity contribution < 1.29 is 4.74 Å². The highest BCUT2D eigenvalue weighted by atomic mass is 16.5. The number of ether oxygens (including phenoxy) is 1. The maximum absolute atomic E-state index is 6.26. The molecule has 2 saturated heterocycles. The van der Waals surface area contributed by atoms with Crippen LogP contribution < -0.4 is 0 Å². The second kappa shape index (κ2) is 3.35. The van der Waals surface area contributed by atoms with Crippen molar-refractivity contribution in [1.82, 2.24) is 0 Å². The Morgan fingerprint density at radius 3 is 2.81 bits per heavy atom. The van der Waals surface area contributed by atoms with Gasteiger partial charge in [0, 0.05) is 11.8 Å². The molecule has 0 amide bonds. The van der Waals surface area contributed by atoms with E-state index in [9.17, 15) is 0 Å². The van der Waals surface area contributed by atoms with E-state index in [1.807, 2.05) is 0 Å². The lowest BCUT2D eigenvalue weighted by Gasteiger charge is -2.66.